The molecule has 0 fully saturated rings. The molecule has 2 aromatic rings. The molecule has 0 saturated heterocycles. The summed E-state index contributed by atoms with van der Waals surface area (Å²) in [6.07, 6.45) is 0. The minimum Gasteiger partial charge on any atom is -0.454 e. The molecule has 0 saturated carbocycles. The number of carbonyl (C=O) groups is 2. The molecule has 2 heterocycles. The Bertz CT molecular complexity index is 797. The van der Waals surface area contributed by atoms with Crippen LogP contribution in [0.4, 0.5) is 5.88 Å². The van der Waals surface area contributed by atoms with Crippen molar-refractivity contribution in [2.24, 2.45) is 0 Å². The van der Waals surface area contributed by atoms with Gasteiger partial charge >= 0.3 is 5.97 Å². The number of nitrogens with one attached hydrogen (secondary N) is 1. The van der Waals surface area contributed by atoms with Crippen LogP contribution in [0, 0.1) is 6.92 Å². The van der Waals surface area contributed by atoms with E-state index >= 15 is 0 Å². The lowest BCUT2D eigenvalue weighted by atomic mass is 10.1. The quantitative estimate of drug-likeness (QED) is 0.776. The highest BCUT2D eigenvalue weighted by atomic mass is 16.7. The molecule has 25 heavy (non-hydrogen) atoms. The SMILES string of the molecule is Cc1noc(N)c1C(=O)OCC(=O)N[C@H](C)c1ccc2c(c1)OCO2. The molecule has 1 aromatic carbocycles. The van der Waals surface area contributed by atoms with E-state index in [4.69, 9.17) is 19.9 Å². The average molecular weight is 347 g/mol. The first-order valence-corrected chi connectivity index (χ1v) is 7.53. The highest BCUT2D eigenvalue weighted by Crippen LogP contribution is 2.34. The first-order valence-electron chi connectivity index (χ1n) is 7.53. The first kappa shape index (κ1) is 16.6. The lowest BCUT2D eigenvalue weighted by molar-refractivity contribution is -0.124. The zero-order valence-electron chi connectivity index (χ0n) is 13.7. The lowest BCUT2D eigenvalue weighted by Gasteiger charge is -2.15. The predicted octanol–water partition coefficient (Wildman–Crippen LogP) is 1.33. The number of rotatable bonds is 5. The number of nitrogens with two attached hydrogens (primary N) is 1. The van der Waals surface area contributed by atoms with Crippen LogP contribution in [0.25, 0.3) is 0 Å². The molecule has 0 radical (unpaired) electrons. The largest absolute Gasteiger partial charge is 0.454 e. The van der Waals surface area contributed by atoms with Crippen LogP contribution in [0.3, 0.4) is 0 Å². The van der Waals surface area contributed by atoms with Crippen molar-refractivity contribution in [2.75, 3.05) is 19.1 Å². The molecule has 0 aliphatic carbocycles. The minimum atomic E-state index is -0.762. The van der Waals surface area contributed by atoms with Gasteiger partial charge in [0.15, 0.2) is 18.1 Å². The van der Waals surface area contributed by atoms with Crippen molar-refractivity contribution in [3.05, 3.63) is 35.0 Å². The third-order valence-electron chi connectivity index (χ3n) is 3.70. The molecular formula is C16H17N3O6. The topological polar surface area (TPSA) is 126 Å². The number of benzene rings is 1. The van der Waals surface area contributed by atoms with Gasteiger partial charge in [-0.2, -0.15) is 0 Å². The normalized spacial score (nSPS) is 13.4. The molecule has 0 unspecified atom stereocenters. The standard InChI is InChI=1S/C16H17N3O6/c1-8(10-3-4-11-12(5-10)24-7-23-11)18-13(20)6-22-16(21)14-9(2)19-25-15(14)17/h3-5,8H,6-7,17H2,1-2H3,(H,18,20)/t8-/m1/s1. The van der Waals surface area contributed by atoms with Crippen LogP contribution >= 0.6 is 0 Å². The summed E-state index contributed by atoms with van der Waals surface area (Å²) in [5.74, 6) is -0.0636. The number of esters is 1. The summed E-state index contributed by atoms with van der Waals surface area (Å²) < 4.78 is 20.2. The molecule has 9 heteroatoms. The maximum absolute atomic E-state index is 12.0. The number of aromatic nitrogens is 1. The number of fused-ring (bicyclic) bond motifs is 1. The Morgan fingerprint density at radius 2 is 2.12 bits per heavy atom. The summed E-state index contributed by atoms with van der Waals surface area (Å²) >= 11 is 0. The summed E-state index contributed by atoms with van der Waals surface area (Å²) in [6.45, 7) is 3.09. The Balaban J connectivity index is 1.55. The van der Waals surface area contributed by atoms with E-state index in [2.05, 4.69) is 15.0 Å². The van der Waals surface area contributed by atoms with Crippen molar-refractivity contribution in [1.82, 2.24) is 10.5 Å². The number of hydrogen-bond acceptors (Lipinski definition) is 8. The summed E-state index contributed by atoms with van der Waals surface area (Å²) in [5.41, 5.74) is 6.66. The van der Waals surface area contributed by atoms with Crippen LogP contribution in [-0.4, -0.2) is 30.4 Å². The van der Waals surface area contributed by atoms with Crippen molar-refractivity contribution in [1.29, 1.82) is 0 Å². The maximum Gasteiger partial charge on any atom is 0.346 e. The van der Waals surface area contributed by atoms with Crippen LogP contribution in [0.5, 0.6) is 11.5 Å². The van der Waals surface area contributed by atoms with Gasteiger partial charge in [-0.1, -0.05) is 11.2 Å². The van der Waals surface area contributed by atoms with E-state index in [0.717, 1.165) is 5.56 Å². The van der Waals surface area contributed by atoms with Gasteiger partial charge in [-0.05, 0) is 31.5 Å². The number of carbonyl (C=O) groups excluding carboxylic acids is 2. The molecule has 1 amide bonds. The second kappa shape index (κ2) is 6.71. The molecule has 1 aliphatic rings. The third kappa shape index (κ3) is 3.49. The summed E-state index contributed by atoms with van der Waals surface area (Å²) in [7, 11) is 0. The summed E-state index contributed by atoms with van der Waals surface area (Å²) in [5, 5.41) is 6.29. The number of anilines is 1. The number of nitrogens with zero attached hydrogens (tertiary/aromatic N) is 1. The van der Waals surface area contributed by atoms with Gasteiger partial charge in [0, 0.05) is 0 Å². The molecule has 3 N–H and O–H groups in total. The van der Waals surface area contributed by atoms with Crippen LogP contribution in [0.2, 0.25) is 0 Å². The third-order valence-corrected chi connectivity index (χ3v) is 3.70. The smallest absolute Gasteiger partial charge is 0.346 e. The van der Waals surface area contributed by atoms with E-state index in [1.807, 2.05) is 6.07 Å². The van der Waals surface area contributed by atoms with Gasteiger partial charge in [0.05, 0.1) is 11.7 Å². The van der Waals surface area contributed by atoms with Gasteiger partial charge in [0.2, 0.25) is 12.7 Å². The molecule has 0 bridgehead atoms. The molecule has 1 atom stereocenters. The van der Waals surface area contributed by atoms with E-state index in [-0.39, 0.29) is 24.3 Å². The number of ether oxygens (including phenoxy) is 3. The van der Waals surface area contributed by atoms with E-state index < -0.39 is 18.5 Å². The fourth-order valence-electron chi connectivity index (χ4n) is 2.39. The van der Waals surface area contributed by atoms with Crippen LogP contribution in [0.1, 0.15) is 34.6 Å². The fraction of sp³-hybridized carbons (Fsp3) is 0.312. The molecule has 1 aromatic heterocycles. The maximum atomic E-state index is 12.0. The summed E-state index contributed by atoms with van der Waals surface area (Å²) in [4.78, 5) is 23.9. The zero-order valence-corrected chi connectivity index (χ0v) is 13.7. The van der Waals surface area contributed by atoms with Gasteiger partial charge < -0.3 is 29.8 Å². The van der Waals surface area contributed by atoms with Crippen molar-refractivity contribution < 1.29 is 28.3 Å². The minimum absolute atomic E-state index is 0.0246. The van der Waals surface area contributed by atoms with Gasteiger partial charge in [-0.15, -0.1) is 0 Å². The second-order valence-corrected chi connectivity index (χ2v) is 5.49. The number of nitrogen functional groups attached to an aromatic ring is 1. The van der Waals surface area contributed by atoms with Crippen molar-refractivity contribution in [3.8, 4) is 11.5 Å². The number of aryl methyl sites for hydroxylation is 1. The Hall–Kier alpha value is -3.23. The highest BCUT2D eigenvalue weighted by molar-refractivity contribution is 5.96. The Labute approximate surface area is 143 Å². The van der Waals surface area contributed by atoms with Gasteiger partial charge in [0.1, 0.15) is 5.56 Å². The molecule has 0 spiro atoms. The Morgan fingerprint density at radius 3 is 2.84 bits per heavy atom. The lowest BCUT2D eigenvalue weighted by Crippen LogP contribution is -2.31. The van der Waals surface area contributed by atoms with E-state index in [1.54, 1.807) is 26.0 Å². The van der Waals surface area contributed by atoms with Gasteiger partial charge in [0.25, 0.3) is 5.91 Å². The second-order valence-electron chi connectivity index (χ2n) is 5.49. The molecule has 9 nitrogen and oxygen atoms in total. The highest BCUT2D eigenvalue weighted by Gasteiger charge is 2.22. The van der Waals surface area contributed by atoms with E-state index in [9.17, 15) is 9.59 Å². The van der Waals surface area contributed by atoms with Crippen LogP contribution in [-0.2, 0) is 9.53 Å². The Morgan fingerprint density at radius 1 is 1.36 bits per heavy atom. The Kier molecular flexibility index (Phi) is 4.46. The monoisotopic (exact) mass is 347 g/mol. The van der Waals surface area contributed by atoms with Crippen LogP contribution < -0.4 is 20.5 Å². The number of hydrogen-bond donors (Lipinski definition) is 2. The van der Waals surface area contributed by atoms with Crippen molar-refractivity contribution in [2.45, 2.75) is 19.9 Å². The average Bonchev–Trinajstić information content (AvgIpc) is 3.18. The molecule has 3 rings (SSSR count). The van der Waals surface area contributed by atoms with E-state index in [1.165, 1.54) is 0 Å². The van der Waals surface area contributed by atoms with Gasteiger partial charge in [-0.25, -0.2) is 4.79 Å². The fourth-order valence-corrected chi connectivity index (χ4v) is 2.39. The van der Waals surface area contributed by atoms with Crippen LogP contribution in [0.15, 0.2) is 22.7 Å². The number of amides is 1. The molecule has 132 valence electrons. The van der Waals surface area contributed by atoms with Crippen molar-refractivity contribution >= 4 is 17.8 Å². The zero-order chi connectivity index (χ0) is 18.0. The van der Waals surface area contributed by atoms with Crippen molar-refractivity contribution in [3.63, 3.8) is 0 Å². The summed E-state index contributed by atoms with van der Waals surface area (Å²) in [6, 6.07) is 5.09. The molecule has 1 aliphatic heterocycles. The van der Waals surface area contributed by atoms with Gasteiger partial charge in [-0.3, -0.25) is 4.79 Å². The molecular weight excluding hydrogens is 330 g/mol. The predicted molar refractivity (Wildman–Crippen MR) is 85.1 cm³/mol. The van der Waals surface area contributed by atoms with E-state index in [0.29, 0.717) is 17.2 Å². The first-order chi connectivity index (χ1) is 12.0.